The fraction of sp³-hybridized carbons (Fsp3) is 0.696. The highest BCUT2D eigenvalue weighted by Gasteiger charge is 2.36. The van der Waals surface area contributed by atoms with Crippen molar-refractivity contribution in [2.75, 3.05) is 32.7 Å². The molecule has 4 heterocycles. The number of thiophene rings is 1. The predicted octanol–water partition coefficient (Wildman–Crippen LogP) is 2.03. The summed E-state index contributed by atoms with van der Waals surface area (Å²) in [5.74, 6) is 0.234. The molecule has 0 bridgehead atoms. The number of hydrogen-bond donors (Lipinski definition) is 1. The Morgan fingerprint density at radius 3 is 2.65 bits per heavy atom. The minimum absolute atomic E-state index is 0.0469. The van der Waals surface area contributed by atoms with Crippen molar-refractivity contribution >= 4 is 37.5 Å². The van der Waals surface area contributed by atoms with Gasteiger partial charge in [-0.1, -0.05) is 20.8 Å². The molecule has 2 aliphatic heterocycles. The van der Waals surface area contributed by atoms with Crippen molar-refractivity contribution in [3.63, 3.8) is 0 Å². The van der Waals surface area contributed by atoms with Crippen molar-refractivity contribution in [2.45, 2.75) is 64.4 Å². The number of aryl methyl sites for hydroxylation is 1. The molecule has 2 aromatic heterocycles. The molecule has 3 atom stereocenters. The number of hydrogen-bond acceptors (Lipinski definition) is 7. The summed E-state index contributed by atoms with van der Waals surface area (Å²) in [6, 6.07) is 0.317. The second kappa shape index (κ2) is 10.0. The zero-order chi connectivity index (χ0) is 24.6. The number of aromatic nitrogens is 2. The number of rotatable bonds is 7. The van der Waals surface area contributed by atoms with Crippen LogP contribution in [0.15, 0.2) is 16.0 Å². The molecule has 0 unspecified atom stereocenters. The normalized spacial score (nSPS) is 24.6. The maximum absolute atomic E-state index is 13.6. The molecule has 1 N–H and O–H groups in total. The summed E-state index contributed by atoms with van der Waals surface area (Å²) < 4.78 is 30.0. The van der Waals surface area contributed by atoms with Crippen molar-refractivity contribution < 1.29 is 13.2 Å². The number of nitrogens with zero attached hydrogens (tertiary/aromatic N) is 4. The van der Waals surface area contributed by atoms with E-state index in [1.165, 1.54) is 26.5 Å². The molecule has 2 fully saturated rings. The fourth-order valence-electron chi connectivity index (χ4n) is 5.45. The largest absolute Gasteiger partial charge is 0.353 e. The topological polar surface area (TPSA) is 105 Å². The lowest BCUT2D eigenvalue weighted by Gasteiger charge is -2.34. The molecule has 188 valence electrons. The van der Waals surface area contributed by atoms with Gasteiger partial charge in [-0.25, -0.2) is 13.4 Å². The van der Waals surface area contributed by atoms with Crippen LogP contribution in [-0.4, -0.2) is 71.8 Å². The highest BCUT2D eigenvalue weighted by Crippen LogP contribution is 2.35. The second-order valence-electron chi connectivity index (χ2n) is 9.84. The fourth-order valence-corrected chi connectivity index (χ4v) is 8.80. The van der Waals surface area contributed by atoms with E-state index in [-0.39, 0.29) is 34.6 Å². The van der Waals surface area contributed by atoms with Gasteiger partial charge in [0.1, 0.15) is 16.3 Å². The van der Waals surface area contributed by atoms with Crippen LogP contribution in [0.1, 0.15) is 44.9 Å². The van der Waals surface area contributed by atoms with E-state index in [2.05, 4.69) is 36.0 Å². The van der Waals surface area contributed by atoms with Crippen molar-refractivity contribution in [3.8, 4) is 0 Å². The second-order valence-corrected chi connectivity index (χ2v) is 12.9. The summed E-state index contributed by atoms with van der Waals surface area (Å²) in [5, 5.41) is 3.03. The van der Waals surface area contributed by atoms with Crippen LogP contribution in [0.5, 0.6) is 0 Å². The Morgan fingerprint density at radius 2 is 1.97 bits per heavy atom. The van der Waals surface area contributed by atoms with Crippen LogP contribution in [0.4, 0.5) is 0 Å². The van der Waals surface area contributed by atoms with Crippen LogP contribution in [0, 0.1) is 18.8 Å². The Hall–Kier alpha value is -1.82. The number of nitrogens with one attached hydrogen (secondary N) is 1. The van der Waals surface area contributed by atoms with E-state index >= 15 is 0 Å². The molecule has 34 heavy (non-hydrogen) atoms. The predicted molar refractivity (Wildman–Crippen MR) is 134 cm³/mol. The molecule has 0 spiro atoms. The molecule has 0 aliphatic carbocycles. The summed E-state index contributed by atoms with van der Waals surface area (Å²) in [6.07, 6.45) is 4.49. The van der Waals surface area contributed by atoms with Crippen LogP contribution in [0.3, 0.4) is 0 Å². The number of sulfonamides is 1. The van der Waals surface area contributed by atoms with Crippen LogP contribution in [0.25, 0.3) is 10.2 Å². The van der Waals surface area contributed by atoms with E-state index in [1.54, 1.807) is 6.92 Å². The summed E-state index contributed by atoms with van der Waals surface area (Å²) >= 11 is 1.21. The molecule has 4 rings (SSSR count). The van der Waals surface area contributed by atoms with Crippen molar-refractivity contribution in [2.24, 2.45) is 11.8 Å². The Kier molecular flexibility index (Phi) is 7.47. The van der Waals surface area contributed by atoms with Gasteiger partial charge in [-0.15, -0.1) is 11.3 Å². The maximum atomic E-state index is 13.6. The van der Waals surface area contributed by atoms with Crippen LogP contribution in [-0.2, 0) is 21.4 Å². The van der Waals surface area contributed by atoms with Gasteiger partial charge >= 0.3 is 0 Å². The van der Waals surface area contributed by atoms with Crippen molar-refractivity contribution in [1.82, 2.24) is 24.1 Å². The third-order valence-corrected chi connectivity index (χ3v) is 10.1. The minimum atomic E-state index is -3.86. The first kappa shape index (κ1) is 25.3. The first-order chi connectivity index (χ1) is 16.1. The molecule has 0 radical (unpaired) electrons. The number of likely N-dealkylation sites (N-methyl/N-ethyl adjacent to an activating group) is 1. The Labute approximate surface area is 205 Å². The number of amides is 1. The van der Waals surface area contributed by atoms with E-state index in [4.69, 9.17) is 0 Å². The molecule has 0 aromatic carbocycles. The number of carbonyl (C=O) groups excluding carboxylic acids is 1. The van der Waals surface area contributed by atoms with Crippen LogP contribution >= 0.6 is 11.3 Å². The van der Waals surface area contributed by atoms with Gasteiger partial charge in [0.2, 0.25) is 15.9 Å². The van der Waals surface area contributed by atoms with E-state index in [1.807, 2.05) is 0 Å². The van der Waals surface area contributed by atoms with Crippen LogP contribution in [0.2, 0.25) is 0 Å². The smallest absolute Gasteiger partial charge is 0.263 e. The molecule has 0 saturated carbocycles. The molecule has 2 aromatic rings. The molecule has 11 heteroatoms. The van der Waals surface area contributed by atoms with Gasteiger partial charge in [-0.05, 0) is 51.1 Å². The molecule has 2 aliphatic rings. The molecule has 9 nitrogen and oxygen atoms in total. The van der Waals surface area contributed by atoms with Gasteiger partial charge in [0.15, 0.2) is 0 Å². The molecular formula is C23H35N5O4S2. The average Bonchev–Trinajstić information content (AvgIpc) is 3.37. The number of fused-ring (bicyclic) bond motifs is 1. The summed E-state index contributed by atoms with van der Waals surface area (Å²) in [6.45, 7) is 11.2. The molecule has 1 amide bonds. The van der Waals surface area contributed by atoms with Gasteiger partial charge in [0.05, 0.1) is 11.7 Å². The van der Waals surface area contributed by atoms with Gasteiger partial charge in [-0.3, -0.25) is 19.1 Å². The summed E-state index contributed by atoms with van der Waals surface area (Å²) in [7, 11) is -3.86. The van der Waals surface area contributed by atoms with Crippen molar-refractivity contribution in [3.05, 3.63) is 21.6 Å². The van der Waals surface area contributed by atoms with Gasteiger partial charge in [0, 0.05) is 30.6 Å². The first-order valence-corrected chi connectivity index (χ1v) is 14.4. The minimum Gasteiger partial charge on any atom is -0.353 e. The van der Waals surface area contributed by atoms with Gasteiger partial charge < -0.3 is 5.32 Å². The third kappa shape index (κ3) is 4.93. The van der Waals surface area contributed by atoms with Crippen molar-refractivity contribution in [1.29, 1.82) is 0 Å². The maximum Gasteiger partial charge on any atom is 0.263 e. The van der Waals surface area contributed by atoms with Gasteiger partial charge in [0.25, 0.3) is 5.56 Å². The van der Waals surface area contributed by atoms with E-state index in [0.29, 0.717) is 35.4 Å². The standard InChI is InChI=1S/C23H35N5O4S2/c1-5-26-8-6-7-18(26)10-24-19(29)13-27-14-25-22-20(23(27)30)21(17(4)33-22)34(31,32)28-11-15(2)9-16(3)12-28/h14-16,18H,5-13H2,1-4H3,(H,24,29)/t15-,16-,18+/m0/s1. The lowest BCUT2D eigenvalue weighted by molar-refractivity contribution is -0.121. The van der Waals surface area contributed by atoms with E-state index < -0.39 is 15.6 Å². The lowest BCUT2D eigenvalue weighted by Crippen LogP contribution is -2.43. The third-order valence-electron chi connectivity index (χ3n) is 6.99. The highest BCUT2D eigenvalue weighted by atomic mass is 32.2. The van der Waals surface area contributed by atoms with Gasteiger partial charge in [-0.2, -0.15) is 4.31 Å². The monoisotopic (exact) mass is 509 g/mol. The van der Waals surface area contributed by atoms with Crippen LogP contribution < -0.4 is 10.9 Å². The number of carbonyl (C=O) groups is 1. The quantitative estimate of drug-likeness (QED) is 0.613. The Balaban J connectivity index is 1.59. The molecular weight excluding hydrogens is 474 g/mol. The van der Waals surface area contributed by atoms with E-state index in [9.17, 15) is 18.0 Å². The average molecular weight is 510 g/mol. The zero-order valence-electron chi connectivity index (χ0n) is 20.4. The Morgan fingerprint density at radius 1 is 1.26 bits per heavy atom. The Bertz CT molecular complexity index is 1210. The number of piperidine rings is 1. The summed E-state index contributed by atoms with van der Waals surface area (Å²) in [5.41, 5.74) is -0.489. The zero-order valence-corrected chi connectivity index (χ0v) is 22.0. The highest BCUT2D eigenvalue weighted by molar-refractivity contribution is 7.89. The SMILES string of the molecule is CCN1CCC[C@@H]1CNC(=O)Cn1cnc2sc(C)c(S(=O)(=O)N3C[C@@H](C)C[C@H](C)C3)c2c1=O. The first-order valence-electron chi connectivity index (χ1n) is 12.1. The number of likely N-dealkylation sites (tertiary alicyclic amines) is 1. The lowest BCUT2D eigenvalue weighted by atomic mass is 9.94. The van der Waals surface area contributed by atoms with E-state index in [0.717, 1.165) is 32.4 Å². The molecule has 2 saturated heterocycles. The summed E-state index contributed by atoms with van der Waals surface area (Å²) in [4.78, 5) is 33.7.